The number of hydrogen-bond donors (Lipinski definition) is 1. The van der Waals surface area contributed by atoms with Gasteiger partial charge in [0.05, 0.1) is 6.04 Å². The minimum Gasteiger partial charge on any atom is -0.479 e. The highest BCUT2D eigenvalue weighted by Gasteiger charge is 2.45. The normalized spacial score (nSPS) is 18.2. The second-order valence-electron chi connectivity index (χ2n) is 5.29. The van der Waals surface area contributed by atoms with Crippen molar-refractivity contribution in [1.29, 1.82) is 0 Å². The van der Waals surface area contributed by atoms with Crippen LogP contribution in [0.3, 0.4) is 0 Å². The van der Waals surface area contributed by atoms with Gasteiger partial charge in [0.2, 0.25) is 6.10 Å². The van der Waals surface area contributed by atoms with Crippen LogP contribution in [-0.4, -0.2) is 18.3 Å². The molecule has 1 aliphatic rings. The van der Waals surface area contributed by atoms with E-state index in [0.29, 0.717) is 0 Å². The fourth-order valence-electron chi connectivity index (χ4n) is 2.54. The van der Waals surface area contributed by atoms with Crippen LogP contribution in [0.4, 0.5) is 13.2 Å². The molecule has 0 aliphatic heterocycles. The van der Waals surface area contributed by atoms with Crippen molar-refractivity contribution in [2.45, 2.75) is 57.3 Å². The van der Waals surface area contributed by atoms with Gasteiger partial charge in [-0.15, -0.1) is 0 Å². The zero-order valence-corrected chi connectivity index (χ0v) is 11.5. The number of nitrogens with two attached hydrogens (primary N) is 1. The average molecular weight is 287 g/mol. The Morgan fingerprint density at radius 2 is 1.85 bits per heavy atom. The summed E-state index contributed by atoms with van der Waals surface area (Å²) in [7, 11) is 0. The second kappa shape index (κ2) is 6.04. The van der Waals surface area contributed by atoms with Crippen molar-refractivity contribution in [3.63, 3.8) is 0 Å². The first-order valence-electron chi connectivity index (χ1n) is 7.02. The number of rotatable bonds is 4. The first kappa shape index (κ1) is 15.2. The predicted octanol–water partition coefficient (Wildman–Crippen LogP) is 3.61. The van der Waals surface area contributed by atoms with Crippen LogP contribution < -0.4 is 10.5 Å². The van der Waals surface area contributed by atoms with Gasteiger partial charge < -0.3 is 10.5 Å². The first-order chi connectivity index (χ1) is 9.41. The van der Waals surface area contributed by atoms with Gasteiger partial charge in [0.1, 0.15) is 5.75 Å². The van der Waals surface area contributed by atoms with Crippen LogP contribution in [0.25, 0.3) is 0 Å². The monoisotopic (exact) mass is 287 g/mol. The Morgan fingerprint density at radius 1 is 1.20 bits per heavy atom. The van der Waals surface area contributed by atoms with Gasteiger partial charge in [0.25, 0.3) is 0 Å². The Morgan fingerprint density at radius 3 is 2.45 bits per heavy atom. The van der Waals surface area contributed by atoms with Gasteiger partial charge in [0.15, 0.2) is 0 Å². The third kappa shape index (κ3) is 3.45. The summed E-state index contributed by atoms with van der Waals surface area (Å²) < 4.78 is 44.1. The van der Waals surface area contributed by atoms with E-state index in [0.717, 1.165) is 31.2 Å². The zero-order valence-electron chi connectivity index (χ0n) is 11.5. The van der Waals surface area contributed by atoms with E-state index in [-0.39, 0.29) is 12.2 Å². The lowest BCUT2D eigenvalue weighted by atomic mass is 9.92. The molecule has 0 saturated heterocycles. The van der Waals surface area contributed by atoms with E-state index in [1.165, 1.54) is 5.56 Å². The van der Waals surface area contributed by atoms with Crippen LogP contribution in [0.5, 0.6) is 5.75 Å². The van der Waals surface area contributed by atoms with E-state index in [9.17, 15) is 13.2 Å². The smallest absolute Gasteiger partial charge is 0.426 e. The van der Waals surface area contributed by atoms with Gasteiger partial charge in [-0.05, 0) is 55.4 Å². The van der Waals surface area contributed by atoms with E-state index < -0.39 is 18.3 Å². The number of hydrogen-bond acceptors (Lipinski definition) is 2. The van der Waals surface area contributed by atoms with Gasteiger partial charge in [-0.25, -0.2) is 0 Å². The third-order valence-electron chi connectivity index (χ3n) is 3.77. The second-order valence-corrected chi connectivity index (χ2v) is 5.29. The summed E-state index contributed by atoms with van der Waals surface area (Å²) in [6, 6.07) is 4.17. The Labute approximate surface area is 117 Å². The average Bonchev–Trinajstić information content (AvgIpc) is 2.42. The quantitative estimate of drug-likeness (QED) is 0.918. The van der Waals surface area contributed by atoms with Crippen LogP contribution in [0.15, 0.2) is 18.2 Å². The Balaban J connectivity index is 2.18. The summed E-state index contributed by atoms with van der Waals surface area (Å²) in [5, 5.41) is 0. The molecule has 2 atom stereocenters. The molecule has 2 nitrogen and oxygen atoms in total. The van der Waals surface area contributed by atoms with Gasteiger partial charge in [-0.3, -0.25) is 0 Å². The van der Waals surface area contributed by atoms with Crippen molar-refractivity contribution < 1.29 is 17.9 Å². The van der Waals surface area contributed by atoms with Crippen LogP contribution in [0.1, 0.15) is 37.3 Å². The highest BCUT2D eigenvalue weighted by Crippen LogP contribution is 2.30. The highest BCUT2D eigenvalue weighted by atomic mass is 19.4. The van der Waals surface area contributed by atoms with Gasteiger partial charge in [-0.1, -0.05) is 13.0 Å². The molecule has 2 unspecified atom stereocenters. The molecule has 0 spiro atoms. The number of fused-ring (bicyclic) bond motifs is 1. The maximum atomic E-state index is 13.0. The molecule has 1 aromatic carbocycles. The van der Waals surface area contributed by atoms with Crippen LogP contribution >= 0.6 is 0 Å². The maximum absolute atomic E-state index is 13.0. The molecule has 5 heteroatoms. The molecule has 0 radical (unpaired) electrons. The predicted molar refractivity (Wildman–Crippen MR) is 71.8 cm³/mol. The molecule has 0 amide bonds. The van der Waals surface area contributed by atoms with Crippen LogP contribution in [0, 0.1) is 0 Å². The van der Waals surface area contributed by atoms with Gasteiger partial charge in [-0.2, -0.15) is 13.2 Å². The van der Waals surface area contributed by atoms with Crippen molar-refractivity contribution in [1.82, 2.24) is 0 Å². The lowest BCUT2D eigenvalue weighted by molar-refractivity contribution is -0.200. The molecule has 112 valence electrons. The summed E-state index contributed by atoms with van der Waals surface area (Å²) >= 11 is 0. The molecule has 20 heavy (non-hydrogen) atoms. The maximum Gasteiger partial charge on any atom is 0.426 e. The Bertz CT molecular complexity index is 459. The number of halogens is 3. The summed E-state index contributed by atoms with van der Waals surface area (Å²) in [5.74, 6) is 0.261. The largest absolute Gasteiger partial charge is 0.479 e. The van der Waals surface area contributed by atoms with Gasteiger partial charge in [0, 0.05) is 0 Å². The molecular weight excluding hydrogens is 267 g/mol. The molecule has 1 aromatic rings. The standard InChI is InChI=1S/C15H20F3NO/c1-2-13(19)14(15(16,17)18)20-12-8-7-10-5-3-4-6-11(10)9-12/h7-9,13-14H,2-6,19H2,1H3. The molecular formula is C15H20F3NO. The minimum absolute atomic E-state index is 0.217. The van der Waals surface area contributed by atoms with E-state index in [1.54, 1.807) is 19.1 Å². The van der Waals surface area contributed by atoms with Crippen molar-refractivity contribution in [2.75, 3.05) is 0 Å². The van der Waals surface area contributed by atoms with Crippen molar-refractivity contribution in [3.8, 4) is 5.75 Å². The molecule has 0 fully saturated rings. The molecule has 0 saturated carbocycles. The fraction of sp³-hybridized carbons (Fsp3) is 0.600. The zero-order chi connectivity index (χ0) is 14.8. The molecule has 2 N–H and O–H groups in total. The summed E-state index contributed by atoms with van der Waals surface area (Å²) in [6.07, 6.45) is -2.07. The number of alkyl halides is 3. The summed E-state index contributed by atoms with van der Waals surface area (Å²) in [5.41, 5.74) is 7.86. The third-order valence-corrected chi connectivity index (χ3v) is 3.77. The Hall–Kier alpha value is -1.23. The summed E-state index contributed by atoms with van der Waals surface area (Å²) in [6.45, 7) is 1.62. The van der Waals surface area contributed by atoms with E-state index in [4.69, 9.17) is 10.5 Å². The lowest BCUT2D eigenvalue weighted by Gasteiger charge is -2.27. The minimum atomic E-state index is -4.45. The van der Waals surface area contributed by atoms with Crippen LogP contribution in [-0.2, 0) is 12.8 Å². The number of aryl methyl sites for hydroxylation is 2. The molecule has 0 aromatic heterocycles. The van der Waals surface area contributed by atoms with Crippen molar-refractivity contribution in [2.24, 2.45) is 5.73 Å². The number of ether oxygens (including phenoxy) is 1. The van der Waals surface area contributed by atoms with E-state index in [1.807, 2.05) is 6.07 Å². The highest BCUT2D eigenvalue weighted by molar-refractivity contribution is 5.37. The number of benzene rings is 1. The lowest BCUT2D eigenvalue weighted by Crippen LogP contribution is -2.48. The van der Waals surface area contributed by atoms with E-state index >= 15 is 0 Å². The molecule has 0 bridgehead atoms. The van der Waals surface area contributed by atoms with Crippen molar-refractivity contribution >= 4 is 0 Å². The molecule has 2 rings (SSSR count). The van der Waals surface area contributed by atoms with E-state index in [2.05, 4.69) is 0 Å². The first-order valence-corrected chi connectivity index (χ1v) is 7.02. The Kier molecular flexibility index (Phi) is 4.58. The van der Waals surface area contributed by atoms with Gasteiger partial charge >= 0.3 is 6.18 Å². The SMILES string of the molecule is CCC(N)C(Oc1ccc2c(c1)CCCC2)C(F)(F)F. The summed E-state index contributed by atoms with van der Waals surface area (Å²) in [4.78, 5) is 0. The molecule has 1 aliphatic carbocycles. The van der Waals surface area contributed by atoms with Crippen molar-refractivity contribution in [3.05, 3.63) is 29.3 Å². The van der Waals surface area contributed by atoms with Crippen LogP contribution in [0.2, 0.25) is 0 Å². The fourth-order valence-corrected chi connectivity index (χ4v) is 2.54. The topological polar surface area (TPSA) is 35.2 Å². The molecule has 0 heterocycles.